The molecule has 0 atom stereocenters. The molecular weight excluding hydrogens is 214 g/mol. The maximum absolute atomic E-state index is 5.91. The Balaban J connectivity index is 2.25. The first-order chi connectivity index (χ1) is 7.22. The van der Waals surface area contributed by atoms with Crippen molar-refractivity contribution < 1.29 is 4.42 Å². The average molecular weight is 226 g/mol. The molecule has 2 heterocycles. The van der Waals surface area contributed by atoms with Gasteiger partial charge in [0.2, 0.25) is 0 Å². The van der Waals surface area contributed by atoms with Gasteiger partial charge in [0.15, 0.2) is 0 Å². The summed E-state index contributed by atoms with van der Waals surface area (Å²) in [5.41, 5.74) is 7.53. The van der Waals surface area contributed by atoms with E-state index in [0.29, 0.717) is 18.1 Å². The van der Waals surface area contributed by atoms with Crippen molar-refractivity contribution in [3.63, 3.8) is 0 Å². The number of hydrogen-bond acceptors (Lipinski definition) is 3. The number of nitrogens with zero attached hydrogens (tertiary/aromatic N) is 2. The van der Waals surface area contributed by atoms with Gasteiger partial charge in [-0.25, -0.2) is 0 Å². The van der Waals surface area contributed by atoms with Crippen LogP contribution >= 0.6 is 11.6 Å². The largest absolute Gasteiger partial charge is 0.468 e. The zero-order valence-electron chi connectivity index (χ0n) is 8.40. The van der Waals surface area contributed by atoms with Crippen LogP contribution in [-0.4, -0.2) is 9.78 Å². The molecule has 0 spiro atoms. The number of halogens is 1. The van der Waals surface area contributed by atoms with E-state index >= 15 is 0 Å². The molecule has 0 unspecified atom stereocenters. The van der Waals surface area contributed by atoms with Crippen LogP contribution in [0.4, 0.5) is 0 Å². The molecule has 0 radical (unpaired) electrons. The Morgan fingerprint density at radius 3 is 3.00 bits per heavy atom. The van der Waals surface area contributed by atoms with Gasteiger partial charge in [-0.05, 0) is 13.0 Å². The Morgan fingerprint density at radius 1 is 1.60 bits per heavy atom. The van der Waals surface area contributed by atoms with E-state index in [0.717, 1.165) is 17.0 Å². The summed E-state index contributed by atoms with van der Waals surface area (Å²) < 4.78 is 7.06. The summed E-state index contributed by atoms with van der Waals surface area (Å²) in [4.78, 5) is 0. The first kappa shape index (κ1) is 10.3. The molecule has 80 valence electrons. The topological polar surface area (TPSA) is 57.0 Å². The summed E-state index contributed by atoms with van der Waals surface area (Å²) in [5, 5.41) is 4.84. The van der Waals surface area contributed by atoms with E-state index < -0.39 is 0 Å². The van der Waals surface area contributed by atoms with Crippen molar-refractivity contribution in [2.75, 3.05) is 0 Å². The first-order valence-electron chi connectivity index (χ1n) is 4.65. The maximum Gasteiger partial charge on any atom is 0.122 e. The van der Waals surface area contributed by atoms with Crippen molar-refractivity contribution in [3.8, 4) is 0 Å². The Labute approximate surface area is 92.6 Å². The molecule has 5 heteroatoms. The zero-order chi connectivity index (χ0) is 10.8. The van der Waals surface area contributed by atoms with Crippen LogP contribution in [-0.2, 0) is 13.1 Å². The molecule has 0 aromatic carbocycles. The number of rotatable bonds is 3. The van der Waals surface area contributed by atoms with Crippen LogP contribution in [0.5, 0.6) is 0 Å². The van der Waals surface area contributed by atoms with Gasteiger partial charge in [-0.2, -0.15) is 5.10 Å². The van der Waals surface area contributed by atoms with Crippen LogP contribution < -0.4 is 5.73 Å². The van der Waals surface area contributed by atoms with Gasteiger partial charge >= 0.3 is 0 Å². The summed E-state index contributed by atoms with van der Waals surface area (Å²) >= 11 is 5.91. The van der Waals surface area contributed by atoms with Gasteiger partial charge < -0.3 is 10.2 Å². The monoisotopic (exact) mass is 225 g/mol. The predicted molar refractivity (Wildman–Crippen MR) is 57.7 cm³/mol. The van der Waals surface area contributed by atoms with Gasteiger partial charge in [0, 0.05) is 5.56 Å². The highest BCUT2D eigenvalue weighted by molar-refractivity contribution is 6.31. The van der Waals surface area contributed by atoms with Crippen molar-refractivity contribution in [3.05, 3.63) is 40.6 Å². The second kappa shape index (κ2) is 4.08. The van der Waals surface area contributed by atoms with E-state index in [9.17, 15) is 0 Å². The molecule has 0 bridgehead atoms. The van der Waals surface area contributed by atoms with E-state index in [1.165, 1.54) is 0 Å². The molecule has 4 nitrogen and oxygen atoms in total. The molecule has 2 N–H and O–H groups in total. The standard InChI is InChI=1S/C10H12ClN3O/c1-7-9(11)5-13-14(7)6-8-2-3-15-10(8)4-12/h2-3,5H,4,6,12H2,1H3. The van der Waals surface area contributed by atoms with Gasteiger partial charge in [-0.3, -0.25) is 4.68 Å². The van der Waals surface area contributed by atoms with Crippen molar-refractivity contribution in [1.29, 1.82) is 0 Å². The summed E-state index contributed by atoms with van der Waals surface area (Å²) in [6.07, 6.45) is 3.27. The van der Waals surface area contributed by atoms with Crippen LogP contribution in [0.2, 0.25) is 5.02 Å². The highest BCUT2D eigenvalue weighted by Gasteiger charge is 2.08. The predicted octanol–water partition coefficient (Wildman–Crippen LogP) is 1.94. The number of aromatic nitrogens is 2. The molecule has 2 aromatic heterocycles. The van der Waals surface area contributed by atoms with Crippen molar-refractivity contribution in [2.24, 2.45) is 5.73 Å². The molecule has 0 fully saturated rings. The normalized spacial score (nSPS) is 10.9. The van der Waals surface area contributed by atoms with Crippen LogP contribution in [0.15, 0.2) is 22.9 Å². The van der Waals surface area contributed by atoms with Crippen LogP contribution in [0.3, 0.4) is 0 Å². The summed E-state index contributed by atoms with van der Waals surface area (Å²) in [6.45, 7) is 2.97. The minimum atomic E-state index is 0.399. The highest BCUT2D eigenvalue weighted by atomic mass is 35.5. The van der Waals surface area contributed by atoms with Crippen LogP contribution in [0, 0.1) is 6.92 Å². The van der Waals surface area contributed by atoms with Crippen LogP contribution in [0.25, 0.3) is 0 Å². The molecule has 0 amide bonds. The lowest BCUT2D eigenvalue weighted by molar-refractivity contribution is 0.503. The van der Waals surface area contributed by atoms with Crippen molar-refractivity contribution >= 4 is 11.6 Å². The molecule has 2 aromatic rings. The summed E-state index contributed by atoms with van der Waals surface area (Å²) in [5.74, 6) is 0.793. The number of furan rings is 1. The highest BCUT2D eigenvalue weighted by Crippen LogP contribution is 2.17. The molecule has 0 aliphatic heterocycles. The molecule has 2 rings (SSSR count). The fraction of sp³-hybridized carbons (Fsp3) is 0.300. The van der Waals surface area contributed by atoms with Crippen LogP contribution in [0.1, 0.15) is 17.0 Å². The second-order valence-corrected chi connectivity index (χ2v) is 3.72. The second-order valence-electron chi connectivity index (χ2n) is 3.31. The number of nitrogens with two attached hydrogens (primary N) is 1. The van der Waals surface area contributed by atoms with E-state index in [4.69, 9.17) is 21.8 Å². The molecular formula is C10H12ClN3O. The van der Waals surface area contributed by atoms with Gasteiger partial charge in [0.1, 0.15) is 5.76 Å². The third-order valence-corrected chi connectivity index (χ3v) is 2.76. The van der Waals surface area contributed by atoms with Crippen molar-refractivity contribution in [2.45, 2.75) is 20.0 Å². The quantitative estimate of drug-likeness (QED) is 0.869. The number of hydrogen-bond donors (Lipinski definition) is 1. The third kappa shape index (κ3) is 1.91. The molecule has 15 heavy (non-hydrogen) atoms. The summed E-state index contributed by atoms with van der Waals surface area (Å²) in [6, 6.07) is 1.90. The molecule has 0 aliphatic rings. The fourth-order valence-electron chi connectivity index (χ4n) is 1.43. The Bertz CT molecular complexity index is 461. The SMILES string of the molecule is Cc1c(Cl)cnn1Cc1ccoc1CN. The van der Waals surface area contributed by atoms with Gasteiger partial charge in [0.25, 0.3) is 0 Å². The Kier molecular flexibility index (Phi) is 2.79. The van der Waals surface area contributed by atoms with Gasteiger partial charge in [-0.15, -0.1) is 0 Å². The fourth-order valence-corrected chi connectivity index (χ4v) is 1.57. The minimum Gasteiger partial charge on any atom is -0.468 e. The minimum absolute atomic E-state index is 0.399. The maximum atomic E-state index is 5.91. The van der Waals surface area contributed by atoms with Gasteiger partial charge in [-0.1, -0.05) is 11.6 Å². The Morgan fingerprint density at radius 2 is 2.40 bits per heavy atom. The first-order valence-corrected chi connectivity index (χ1v) is 5.03. The zero-order valence-corrected chi connectivity index (χ0v) is 9.16. The van der Waals surface area contributed by atoms with Gasteiger partial charge in [0.05, 0.1) is 36.3 Å². The average Bonchev–Trinajstić information content (AvgIpc) is 2.80. The molecule has 0 saturated heterocycles. The van der Waals surface area contributed by atoms with E-state index in [1.54, 1.807) is 12.5 Å². The van der Waals surface area contributed by atoms with E-state index in [-0.39, 0.29) is 0 Å². The smallest absolute Gasteiger partial charge is 0.122 e. The third-order valence-electron chi connectivity index (χ3n) is 2.39. The van der Waals surface area contributed by atoms with E-state index in [1.807, 2.05) is 17.7 Å². The molecule has 0 saturated carbocycles. The summed E-state index contributed by atoms with van der Waals surface area (Å²) in [7, 11) is 0. The molecule has 0 aliphatic carbocycles. The lowest BCUT2D eigenvalue weighted by Gasteiger charge is -2.03. The lowest BCUT2D eigenvalue weighted by atomic mass is 10.2. The van der Waals surface area contributed by atoms with E-state index in [2.05, 4.69) is 5.10 Å². The Hall–Kier alpha value is -1.26. The lowest BCUT2D eigenvalue weighted by Crippen LogP contribution is -2.06. The van der Waals surface area contributed by atoms with Crippen molar-refractivity contribution in [1.82, 2.24) is 9.78 Å².